The highest BCUT2D eigenvalue weighted by Gasteiger charge is 2.14. The summed E-state index contributed by atoms with van der Waals surface area (Å²) in [5, 5.41) is 13.0. The number of nitrogen functional groups attached to an aromatic ring is 1. The van der Waals surface area contributed by atoms with Crippen molar-refractivity contribution in [1.82, 2.24) is 0 Å². The number of hydrogen-bond acceptors (Lipinski definition) is 3. The van der Waals surface area contributed by atoms with Crippen LogP contribution in [-0.2, 0) is 0 Å². The van der Waals surface area contributed by atoms with Crippen molar-refractivity contribution in [2.24, 2.45) is 0 Å². The van der Waals surface area contributed by atoms with Gasteiger partial charge in [-0.15, -0.1) is 0 Å². The predicted octanol–water partition coefficient (Wildman–Crippen LogP) is 3.79. The second-order valence-corrected chi connectivity index (χ2v) is 4.90. The van der Waals surface area contributed by atoms with E-state index in [-0.39, 0.29) is 11.6 Å². The lowest BCUT2D eigenvalue weighted by molar-refractivity contribution is 0.0698. The van der Waals surface area contributed by atoms with Gasteiger partial charge >= 0.3 is 5.97 Å². The standard InChI is InChI=1S/C15H15ClN2O2/c1-9(11-4-2-3-5-13(11)16)18-14-8-10(17)6-7-12(14)15(19)20/h2-9,18H,17H2,1H3,(H,19,20). The number of hydrogen-bond donors (Lipinski definition) is 3. The Morgan fingerprint density at radius 2 is 2.00 bits per heavy atom. The van der Waals surface area contributed by atoms with E-state index in [0.717, 1.165) is 5.56 Å². The molecule has 0 spiro atoms. The Labute approximate surface area is 122 Å². The van der Waals surface area contributed by atoms with Gasteiger partial charge in [0.15, 0.2) is 0 Å². The van der Waals surface area contributed by atoms with E-state index >= 15 is 0 Å². The molecule has 2 rings (SSSR count). The first-order chi connectivity index (χ1) is 9.49. The topological polar surface area (TPSA) is 75.3 Å². The zero-order valence-corrected chi connectivity index (χ0v) is 11.7. The van der Waals surface area contributed by atoms with Crippen LogP contribution in [0, 0.1) is 0 Å². The summed E-state index contributed by atoms with van der Waals surface area (Å²) in [7, 11) is 0. The Morgan fingerprint density at radius 1 is 1.30 bits per heavy atom. The minimum Gasteiger partial charge on any atom is -0.478 e. The van der Waals surface area contributed by atoms with Crippen LogP contribution in [0.1, 0.15) is 28.9 Å². The number of anilines is 2. The molecule has 5 heteroatoms. The highest BCUT2D eigenvalue weighted by atomic mass is 35.5. The summed E-state index contributed by atoms with van der Waals surface area (Å²) < 4.78 is 0. The number of carboxylic acids is 1. The molecule has 0 heterocycles. The quantitative estimate of drug-likeness (QED) is 0.749. The molecule has 104 valence electrons. The van der Waals surface area contributed by atoms with Gasteiger partial charge in [0.2, 0.25) is 0 Å². The van der Waals surface area contributed by atoms with Gasteiger partial charge in [-0.2, -0.15) is 0 Å². The summed E-state index contributed by atoms with van der Waals surface area (Å²) in [4.78, 5) is 11.2. The fraction of sp³-hybridized carbons (Fsp3) is 0.133. The van der Waals surface area contributed by atoms with E-state index in [1.165, 1.54) is 6.07 Å². The summed E-state index contributed by atoms with van der Waals surface area (Å²) in [6, 6.07) is 12.0. The van der Waals surface area contributed by atoms with Crippen LogP contribution in [0.25, 0.3) is 0 Å². The molecule has 1 unspecified atom stereocenters. The van der Waals surface area contributed by atoms with E-state index in [4.69, 9.17) is 17.3 Å². The summed E-state index contributed by atoms with van der Waals surface area (Å²) >= 11 is 6.14. The molecule has 4 nitrogen and oxygen atoms in total. The van der Waals surface area contributed by atoms with Crippen LogP contribution in [0.5, 0.6) is 0 Å². The van der Waals surface area contributed by atoms with Crippen LogP contribution in [-0.4, -0.2) is 11.1 Å². The van der Waals surface area contributed by atoms with Crippen molar-refractivity contribution in [3.05, 3.63) is 58.6 Å². The molecule has 0 aliphatic heterocycles. The Kier molecular flexibility index (Phi) is 4.15. The molecule has 0 aromatic heterocycles. The summed E-state index contributed by atoms with van der Waals surface area (Å²) in [5.41, 5.74) is 7.77. The molecule has 0 aliphatic carbocycles. The summed E-state index contributed by atoms with van der Waals surface area (Å²) in [6.45, 7) is 1.91. The van der Waals surface area contributed by atoms with Crippen LogP contribution in [0.2, 0.25) is 5.02 Å². The third kappa shape index (κ3) is 3.03. The first kappa shape index (κ1) is 14.2. The van der Waals surface area contributed by atoms with Gasteiger partial charge < -0.3 is 16.2 Å². The van der Waals surface area contributed by atoms with E-state index < -0.39 is 5.97 Å². The molecule has 0 bridgehead atoms. The van der Waals surface area contributed by atoms with Crippen molar-refractivity contribution in [1.29, 1.82) is 0 Å². The molecular weight excluding hydrogens is 276 g/mol. The largest absolute Gasteiger partial charge is 0.478 e. The maximum atomic E-state index is 11.2. The lowest BCUT2D eigenvalue weighted by atomic mass is 10.1. The van der Waals surface area contributed by atoms with Crippen LogP contribution in [0.4, 0.5) is 11.4 Å². The minimum absolute atomic E-state index is 0.136. The zero-order valence-electron chi connectivity index (χ0n) is 10.9. The SMILES string of the molecule is CC(Nc1cc(N)ccc1C(=O)O)c1ccccc1Cl. The van der Waals surface area contributed by atoms with Crippen LogP contribution in [0.15, 0.2) is 42.5 Å². The second-order valence-electron chi connectivity index (χ2n) is 4.50. The number of halogens is 1. The molecule has 0 radical (unpaired) electrons. The van der Waals surface area contributed by atoms with Gasteiger partial charge in [0.05, 0.1) is 17.3 Å². The van der Waals surface area contributed by atoms with Gasteiger partial charge in [-0.25, -0.2) is 4.79 Å². The van der Waals surface area contributed by atoms with Crippen molar-refractivity contribution in [2.45, 2.75) is 13.0 Å². The number of benzene rings is 2. The van der Waals surface area contributed by atoms with Crippen molar-refractivity contribution in [3.63, 3.8) is 0 Å². The smallest absolute Gasteiger partial charge is 0.337 e. The Balaban J connectivity index is 2.32. The molecule has 0 saturated heterocycles. The average molecular weight is 291 g/mol. The third-order valence-electron chi connectivity index (χ3n) is 3.02. The molecule has 2 aromatic rings. The third-order valence-corrected chi connectivity index (χ3v) is 3.36. The first-order valence-electron chi connectivity index (χ1n) is 6.13. The second kappa shape index (κ2) is 5.84. The molecule has 0 saturated carbocycles. The first-order valence-corrected chi connectivity index (χ1v) is 6.50. The molecule has 0 fully saturated rings. The van der Waals surface area contributed by atoms with Crippen LogP contribution >= 0.6 is 11.6 Å². The molecular formula is C15H15ClN2O2. The average Bonchev–Trinajstić information content (AvgIpc) is 2.38. The molecule has 2 aromatic carbocycles. The van der Waals surface area contributed by atoms with Crippen molar-refractivity contribution in [3.8, 4) is 0 Å². The fourth-order valence-electron chi connectivity index (χ4n) is 2.01. The van der Waals surface area contributed by atoms with Gasteiger partial charge in [0, 0.05) is 10.7 Å². The van der Waals surface area contributed by atoms with Crippen LogP contribution in [0.3, 0.4) is 0 Å². The molecule has 4 N–H and O–H groups in total. The highest BCUT2D eigenvalue weighted by molar-refractivity contribution is 6.31. The summed E-state index contributed by atoms with van der Waals surface area (Å²) in [6.07, 6.45) is 0. The number of nitrogens with two attached hydrogens (primary N) is 1. The number of carbonyl (C=O) groups is 1. The lowest BCUT2D eigenvalue weighted by Gasteiger charge is -2.18. The fourth-order valence-corrected chi connectivity index (χ4v) is 2.30. The normalized spacial score (nSPS) is 11.9. The van der Waals surface area contributed by atoms with E-state index in [2.05, 4.69) is 5.32 Å². The van der Waals surface area contributed by atoms with E-state index in [0.29, 0.717) is 16.4 Å². The van der Waals surface area contributed by atoms with Crippen LogP contribution < -0.4 is 11.1 Å². The minimum atomic E-state index is -1.00. The van der Waals surface area contributed by atoms with Gasteiger partial charge in [-0.3, -0.25) is 0 Å². The van der Waals surface area contributed by atoms with Gasteiger partial charge in [-0.1, -0.05) is 29.8 Å². The van der Waals surface area contributed by atoms with E-state index in [1.807, 2.05) is 25.1 Å². The Bertz CT molecular complexity index is 644. The number of carboxylic acid groups (broad SMARTS) is 1. The maximum absolute atomic E-state index is 11.2. The van der Waals surface area contributed by atoms with Gasteiger partial charge in [-0.05, 0) is 36.8 Å². The van der Waals surface area contributed by atoms with Crippen molar-refractivity contribution < 1.29 is 9.90 Å². The number of nitrogens with one attached hydrogen (secondary N) is 1. The Hall–Kier alpha value is -2.20. The molecule has 1 atom stereocenters. The molecule has 0 aliphatic rings. The van der Waals surface area contributed by atoms with E-state index in [9.17, 15) is 9.90 Å². The van der Waals surface area contributed by atoms with Gasteiger partial charge in [0.25, 0.3) is 0 Å². The molecule has 20 heavy (non-hydrogen) atoms. The van der Waals surface area contributed by atoms with Crippen molar-refractivity contribution >= 4 is 28.9 Å². The summed E-state index contributed by atoms with van der Waals surface area (Å²) in [5.74, 6) is -1.00. The number of aromatic carboxylic acids is 1. The van der Waals surface area contributed by atoms with Crippen molar-refractivity contribution in [2.75, 3.05) is 11.1 Å². The zero-order chi connectivity index (χ0) is 14.7. The predicted molar refractivity (Wildman–Crippen MR) is 81.3 cm³/mol. The van der Waals surface area contributed by atoms with Gasteiger partial charge in [0.1, 0.15) is 0 Å². The van der Waals surface area contributed by atoms with E-state index in [1.54, 1.807) is 18.2 Å². The highest BCUT2D eigenvalue weighted by Crippen LogP contribution is 2.28. The monoisotopic (exact) mass is 290 g/mol. The number of rotatable bonds is 4. The molecule has 0 amide bonds. The maximum Gasteiger partial charge on any atom is 0.337 e. The Morgan fingerprint density at radius 3 is 2.65 bits per heavy atom. The lowest BCUT2D eigenvalue weighted by Crippen LogP contribution is -2.11.